The number of ether oxygens (including phenoxy) is 7. The second-order valence-corrected chi connectivity index (χ2v) is 15.8. The number of Topliss-reactive ketones (excluding diaryl/α,β-unsaturated/α-hetero) is 2. The Labute approximate surface area is 350 Å². The zero-order valence-electron chi connectivity index (χ0n) is 36.5. The molecule has 0 bridgehead atoms. The van der Waals surface area contributed by atoms with Crippen LogP contribution in [-0.4, -0.2) is 125 Å². The molecule has 0 spiro atoms. The maximum atomic E-state index is 13.3. The van der Waals surface area contributed by atoms with Crippen molar-refractivity contribution in [1.29, 1.82) is 0 Å². The van der Waals surface area contributed by atoms with Crippen LogP contribution in [-0.2, 0) is 58.8 Å². The molecule has 16 heteroatoms. The molecule has 3 N–H and O–H groups in total. The number of ketones is 2. The van der Waals surface area contributed by atoms with Crippen LogP contribution in [0.2, 0.25) is 0 Å². The fourth-order valence-electron chi connectivity index (χ4n) is 5.09. The van der Waals surface area contributed by atoms with Crippen LogP contribution in [0.3, 0.4) is 0 Å². The van der Waals surface area contributed by atoms with Crippen LogP contribution in [0.1, 0.15) is 112 Å². The molecule has 1 atom stereocenters. The minimum Gasteiger partial charge on any atom is -0.492 e. The number of alkyl carbamates (subject to hydrolysis) is 1. The van der Waals surface area contributed by atoms with E-state index in [1.807, 2.05) is 39.8 Å². The van der Waals surface area contributed by atoms with E-state index in [-0.39, 0.29) is 121 Å². The predicted octanol–water partition coefficient (Wildman–Crippen LogP) is 4.81. The summed E-state index contributed by atoms with van der Waals surface area (Å²) in [6, 6.07) is 6.45. The first-order valence-electron chi connectivity index (χ1n) is 20.8. The van der Waals surface area contributed by atoms with Crippen LogP contribution in [0.15, 0.2) is 24.3 Å². The highest BCUT2D eigenvalue weighted by Gasteiger charge is 2.21. The van der Waals surface area contributed by atoms with Gasteiger partial charge in [-0.05, 0) is 84.9 Å². The molecule has 0 aliphatic rings. The van der Waals surface area contributed by atoms with Gasteiger partial charge in [-0.15, -0.1) is 0 Å². The monoisotopic (exact) mass is 837 g/mol. The molecule has 1 aromatic carbocycles. The topological polar surface area (TPSA) is 203 Å². The Hall–Kier alpha value is -4.12. The standard InChI is InChI=1S/C43H71N3O13/c1-8-23-53-28-19-39(50)46-36(32-33-13-15-35(16-14-33)57-31-22-45-41(52)59-43(5,6)7)37(48)12-10-25-54-27-18-38(49)44-21-30-56-26-17-34(47)11-9-24-55-29-20-40(51)58-42(2,3)4/h13-16,36H,8-12,17-32H2,1-7H3,(H,44,49)(H,45,52)(H,46,50)/t36-/m0/s1. The number of hydrogen-bond acceptors (Lipinski definition) is 13. The highest BCUT2D eigenvalue weighted by atomic mass is 16.6. The van der Waals surface area contributed by atoms with E-state index in [4.69, 9.17) is 33.2 Å². The Bertz CT molecular complexity index is 1370. The van der Waals surface area contributed by atoms with E-state index in [1.165, 1.54) is 0 Å². The van der Waals surface area contributed by atoms with Gasteiger partial charge in [0.15, 0.2) is 5.78 Å². The van der Waals surface area contributed by atoms with Crippen LogP contribution in [0.4, 0.5) is 4.79 Å². The van der Waals surface area contributed by atoms with E-state index in [0.717, 1.165) is 12.0 Å². The number of nitrogens with one attached hydrogen (secondary N) is 3. The van der Waals surface area contributed by atoms with Gasteiger partial charge in [-0.3, -0.25) is 24.0 Å². The molecule has 0 aliphatic heterocycles. The first-order valence-corrected chi connectivity index (χ1v) is 20.8. The van der Waals surface area contributed by atoms with Gasteiger partial charge < -0.3 is 49.1 Å². The van der Waals surface area contributed by atoms with Crippen molar-refractivity contribution in [2.75, 3.05) is 72.6 Å². The Balaban J connectivity index is 2.30. The number of esters is 1. The van der Waals surface area contributed by atoms with Gasteiger partial charge in [-0.25, -0.2) is 4.79 Å². The summed E-state index contributed by atoms with van der Waals surface area (Å²) in [4.78, 5) is 73.6. The number of hydrogen-bond donors (Lipinski definition) is 3. The van der Waals surface area contributed by atoms with E-state index < -0.39 is 23.3 Å². The number of carbonyl (C=O) groups is 6. The van der Waals surface area contributed by atoms with Crippen LogP contribution in [0.5, 0.6) is 5.75 Å². The quantitative estimate of drug-likeness (QED) is 0.0644. The van der Waals surface area contributed by atoms with Crippen molar-refractivity contribution in [2.45, 2.75) is 130 Å². The molecule has 0 aromatic heterocycles. The second kappa shape index (κ2) is 30.9. The molecule has 3 amide bonds. The van der Waals surface area contributed by atoms with Crippen molar-refractivity contribution >= 4 is 35.4 Å². The number of rotatable bonds is 33. The summed E-state index contributed by atoms with van der Waals surface area (Å²) in [7, 11) is 0. The number of carbonyl (C=O) groups excluding carboxylic acids is 6. The Kier molecular flexibility index (Phi) is 27.7. The largest absolute Gasteiger partial charge is 0.492 e. The van der Waals surface area contributed by atoms with Gasteiger partial charge >= 0.3 is 12.1 Å². The van der Waals surface area contributed by atoms with Gasteiger partial charge in [-0.2, -0.15) is 0 Å². The van der Waals surface area contributed by atoms with Gasteiger partial charge in [0.2, 0.25) is 11.8 Å². The zero-order chi connectivity index (χ0) is 43.9. The van der Waals surface area contributed by atoms with Crippen molar-refractivity contribution in [3.05, 3.63) is 29.8 Å². The maximum absolute atomic E-state index is 13.3. The third-order valence-electron chi connectivity index (χ3n) is 7.84. The van der Waals surface area contributed by atoms with Crippen molar-refractivity contribution in [2.24, 2.45) is 0 Å². The van der Waals surface area contributed by atoms with Crippen molar-refractivity contribution in [3.8, 4) is 5.75 Å². The van der Waals surface area contributed by atoms with Gasteiger partial charge in [0.1, 0.15) is 29.3 Å². The van der Waals surface area contributed by atoms with Gasteiger partial charge in [0.25, 0.3) is 0 Å². The molecule has 0 fully saturated rings. The highest BCUT2D eigenvalue weighted by Crippen LogP contribution is 2.15. The fraction of sp³-hybridized carbons (Fsp3) is 0.721. The molecule has 0 unspecified atom stereocenters. The summed E-state index contributed by atoms with van der Waals surface area (Å²) in [5.74, 6) is -0.280. The lowest BCUT2D eigenvalue weighted by Crippen LogP contribution is -2.42. The summed E-state index contributed by atoms with van der Waals surface area (Å²) in [6.07, 6.45) is 2.86. The van der Waals surface area contributed by atoms with E-state index in [9.17, 15) is 28.8 Å². The molecule has 0 saturated carbocycles. The Morgan fingerprint density at radius 3 is 1.78 bits per heavy atom. The lowest BCUT2D eigenvalue weighted by molar-refractivity contribution is -0.156. The Morgan fingerprint density at radius 2 is 1.14 bits per heavy atom. The minimum atomic E-state index is -0.743. The average Bonchev–Trinajstić information content (AvgIpc) is 3.15. The van der Waals surface area contributed by atoms with Gasteiger partial charge in [0.05, 0.1) is 52.0 Å². The van der Waals surface area contributed by atoms with Crippen LogP contribution >= 0.6 is 0 Å². The summed E-state index contributed by atoms with van der Waals surface area (Å²) < 4.78 is 38.0. The molecule has 16 nitrogen and oxygen atoms in total. The highest BCUT2D eigenvalue weighted by molar-refractivity contribution is 5.89. The first kappa shape index (κ1) is 52.9. The third-order valence-corrected chi connectivity index (χ3v) is 7.84. The molecular weight excluding hydrogens is 766 g/mol. The van der Waals surface area contributed by atoms with E-state index in [1.54, 1.807) is 32.9 Å². The lowest BCUT2D eigenvalue weighted by atomic mass is 9.99. The molecule has 1 aromatic rings. The minimum absolute atomic E-state index is 0.0533. The average molecular weight is 838 g/mol. The summed E-state index contributed by atoms with van der Waals surface area (Å²) >= 11 is 0. The molecule has 0 aliphatic carbocycles. The third kappa shape index (κ3) is 31.5. The van der Waals surface area contributed by atoms with Gasteiger partial charge in [0, 0.05) is 58.5 Å². The smallest absolute Gasteiger partial charge is 0.407 e. The van der Waals surface area contributed by atoms with E-state index in [2.05, 4.69) is 16.0 Å². The molecule has 336 valence electrons. The van der Waals surface area contributed by atoms with Crippen LogP contribution in [0.25, 0.3) is 0 Å². The summed E-state index contributed by atoms with van der Waals surface area (Å²) in [5.41, 5.74) is -0.282. The van der Waals surface area contributed by atoms with Crippen molar-refractivity contribution < 1.29 is 61.9 Å². The summed E-state index contributed by atoms with van der Waals surface area (Å²) in [5, 5.41) is 8.25. The molecule has 0 saturated heterocycles. The molecule has 1 rings (SSSR count). The zero-order valence-corrected chi connectivity index (χ0v) is 36.5. The first-order chi connectivity index (χ1) is 28.0. The predicted molar refractivity (Wildman–Crippen MR) is 221 cm³/mol. The van der Waals surface area contributed by atoms with E-state index >= 15 is 0 Å². The molecule has 0 radical (unpaired) electrons. The lowest BCUT2D eigenvalue weighted by Gasteiger charge is -2.19. The van der Waals surface area contributed by atoms with E-state index in [0.29, 0.717) is 44.8 Å². The van der Waals surface area contributed by atoms with Crippen molar-refractivity contribution in [3.63, 3.8) is 0 Å². The fourth-order valence-corrected chi connectivity index (χ4v) is 5.09. The molecule has 0 heterocycles. The van der Waals surface area contributed by atoms with Crippen molar-refractivity contribution in [1.82, 2.24) is 16.0 Å². The number of amides is 3. The maximum Gasteiger partial charge on any atom is 0.407 e. The number of benzene rings is 1. The molecule has 59 heavy (non-hydrogen) atoms. The normalized spacial score (nSPS) is 12.0. The van der Waals surface area contributed by atoms with Crippen LogP contribution < -0.4 is 20.7 Å². The molecular formula is C43H71N3O13. The SMILES string of the molecule is CCCOCCC(=O)N[C@@H](Cc1ccc(OCCNC(=O)OC(C)(C)C)cc1)C(=O)CCCOCCC(=O)NCCOCCC(=O)CCCOCCC(=O)OC(C)(C)C. The summed E-state index contributed by atoms with van der Waals surface area (Å²) in [6.45, 7) is 16.0. The van der Waals surface area contributed by atoms with Gasteiger partial charge in [-0.1, -0.05) is 19.1 Å². The Morgan fingerprint density at radius 1 is 0.576 bits per heavy atom. The van der Waals surface area contributed by atoms with Crippen LogP contribution in [0, 0.1) is 0 Å². The second-order valence-electron chi connectivity index (χ2n) is 15.8.